The Morgan fingerprint density at radius 2 is 1.88 bits per heavy atom. The summed E-state index contributed by atoms with van der Waals surface area (Å²) in [5, 5.41) is 15.2. The predicted octanol–water partition coefficient (Wildman–Crippen LogP) is 1.44. The fourth-order valence-corrected chi connectivity index (χ4v) is 2.90. The first-order valence-electron chi connectivity index (χ1n) is 7.17. The van der Waals surface area contributed by atoms with Crippen molar-refractivity contribution in [3.8, 4) is 0 Å². The molecule has 1 aromatic heterocycles. The van der Waals surface area contributed by atoms with Gasteiger partial charge in [0, 0.05) is 5.56 Å². The lowest BCUT2D eigenvalue weighted by atomic mass is 9.98. The van der Waals surface area contributed by atoms with Gasteiger partial charge in [-0.1, -0.05) is 6.07 Å². The van der Waals surface area contributed by atoms with Gasteiger partial charge in [-0.3, -0.25) is 4.79 Å². The Labute approximate surface area is 135 Å². The molecule has 1 unspecified atom stereocenters. The molecule has 6 N–H and O–H groups in total. The van der Waals surface area contributed by atoms with Crippen molar-refractivity contribution < 1.29 is 14.7 Å². The number of H-pyrrole nitrogens is 1. The van der Waals surface area contributed by atoms with Crippen LogP contribution < -0.4 is 16.4 Å². The van der Waals surface area contributed by atoms with E-state index in [1.807, 2.05) is 0 Å². The highest BCUT2D eigenvalue weighted by Crippen LogP contribution is 2.40. The van der Waals surface area contributed by atoms with Gasteiger partial charge < -0.3 is 26.5 Å². The van der Waals surface area contributed by atoms with Gasteiger partial charge in [-0.2, -0.15) is 0 Å². The average molecular weight is 323 g/mol. The van der Waals surface area contributed by atoms with Gasteiger partial charge in [-0.05, 0) is 30.3 Å². The van der Waals surface area contributed by atoms with Crippen LogP contribution in [0.3, 0.4) is 0 Å². The Bertz CT molecular complexity index is 996. The maximum absolute atomic E-state index is 12.2. The summed E-state index contributed by atoms with van der Waals surface area (Å²) in [4.78, 5) is 30.5. The molecule has 0 radical (unpaired) electrons. The van der Waals surface area contributed by atoms with Crippen molar-refractivity contribution in [3.05, 3.63) is 53.9 Å². The van der Waals surface area contributed by atoms with Crippen molar-refractivity contribution in [3.63, 3.8) is 0 Å². The second-order valence-corrected chi connectivity index (χ2v) is 5.56. The molecule has 4 rings (SSSR count). The molecule has 1 atom stereocenters. The zero-order valence-electron chi connectivity index (χ0n) is 12.3. The van der Waals surface area contributed by atoms with Crippen LogP contribution in [0.2, 0.25) is 0 Å². The molecular weight excluding hydrogens is 310 g/mol. The second-order valence-electron chi connectivity index (χ2n) is 5.56. The average Bonchev–Trinajstić information content (AvgIpc) is 3.17. The van der Waals surface area contributed by atoms with Crippen molar-refractivity contribution in [1.29, 1.82) is 0 Å². The van der Waals surface area contributed by atoms with Crippen LogP contribution in [0.15, 0.2) is 42.7 Å². The van der Waals surface area contributed by atoms with Crippen molar-refractivity contribution in [2.75, 3.05) is 10.6 Å². The fraction of sp³-hybridized carbons (Fsp3) is 0.0625. The number of carbonyl (C=O) groups excluding carboxylic acids is 1. The number of nitrogens with zero attached hydrogens (tertiary/aromatic N) is 1. The molecule has 8 heteroatoms. The molecule has 8 nitrogen and oxygen atoms in total. The van der Waals surface area contributed by atoms with E-state index in [0.29, 0.717) is 22.5 Å². The number of aromatic amines is 1. The zero-order valence-corrected chi connectivity index (χ0v) is 12.3. The largest absolute Gasteiger partial charge is 0.478 e. The van der Waals surface area contributed by atoms with Crippen LogP contribution in [-0.4, -0.2) is 27.0 Å². The molecule has 1 aliphatic heterocycles. The molecule has 0 saturated carbocycles. The highest BCUT2D eigenvalue weighted by molar-refractivity contribution is 6.00. The highest BCUT2D eigenvalue weighted by Gasteiger charge is 2.44. The van der Waals surface area contributed by atoms with E-state index in [0.717, 1.165) is 5.52 Å². The monoisotopic (exact) mass is 323 g/mol. The number of carboxylic acids is 1. The number of imidazole rings is 1. The minimum absolute atomic E-state index is 0.117. The molecule has 2 heterocycles. The molecule has 0 aliphatic carbocycles. The number of benzene rings is 2. The summed E-state index contributed by atoms with van der Waals surface area (Å²) in [5.41, 5.74) is 7.61. The quantitative estimate of drug-likeness (QED) is 0.495. The lowest BCUT2D eigenvalue weighted by molar-refractivity contribution is -0.121. The summed E-state index contributed by atoms with van der Waals surface area (Å²) in [5.74, 6) is -1.68. The number of anilines is 2. The third-order valence-electron chi connectivity index (χ3n) is 4.13. The molecule has 0 fully saturated rings. The Kier molecular flexibility index (Phi) is 2.77. The van der Waals surface area contributed by atoms with E-state index in [-0.39, 0.29) is 5.56 Å². The van der Waals surface area contributed by atoms with E-state index in [1.54, 1.807) is 30.6 Å². The molecule has 120 valence electrons. The summed E-state index contributed by atoms with van der Waals surface area (Å²) in [7, 11) is 0. The first kappa shape index (κ1) is 14.1. The van der Waals surface area contributed by atoms with Crippen molar-refractivity contribution in [2.24, 2.45) is 5.73 Å². The van der Waals surface area contributed by atoms with Crippen LogP contribution in [0.4, 0.5) is 11.4 Å². The van der Waals surface area contributed by atoms with E-state index in [4.69, 9.17) is 10.8 Å². The van der Waals surface area contributed by atoms with E-state index >= 15 is 0 Å². The second kappa shape index (κ2) is 4.72. The molecule has 0 bridgehead atoms. The molecule has 0 saturated heterocycles. The van der Waals surface area contributed by atoms with Crippen LogP contribution in [0, 0.1) is 0 Å². The summed E-state index contributed by atoms with van der Waals surface area (Å²) < 4.78 is 0. The zero-order chi connectivity index (χ0) is 16.9. The number of nitrogens with one attached hydrogen (secondary N) is 3. The highest BCUT2D eigenvalue weighted by atomic mass is 16.4. The van der Waals surface area contributed by atoms with Crippen molar-refractivity contribution >= 4 is 34.3 Å². The molecule has 24 heavy (non-hydrogen) atoms. The minimum atomic E-state index is -1.37. The molecule has 0 spiro atoms. The smallest absolute Gasteiger partial charge is 0.335 e. The van der Waals surface area contributed by atoms with Gasteiger partial charge in [0.25, 0.3) is 5.91 Å². The number of carbonyl (C=O) groups is 2. The third kappa shape index (κ3) is 1.89. The molecule has 2 aromatic carbocycles. The Balaban J connectivity index is 1.83. The SMILES string of the molecule is NC(=O)C1(c2ccc3[nH]cnc3c2)Nc2ccc(C(=O)O)cc2N1. The molecule has 3 aromatic rings. The van der Waals surface area contributed by atoms with Crippen LogP contribution in [0.1, 0.15) is 15.9 Å². The maximum Gasteiger partial charge on any atom is 0.335 e. The third-order valence-corrected chi connectivity index (χ3v) is 4.13. The Hall–Kier alpha value is -3.55. The van der Waals surface area contributed by atoms with Gasteiger partial charge >= 0.3 is 5.97 Å². The number of hydrogen-bond donors (Lipinski definition) is 5. The molecule has 1 amide bonds. The summed E-state index contributed by atoms with van der Waals surface area (Å²) in [6, 6.07) is 9.84. The van der Waals surface area contributed by atoms with Crippen LogP contribution in [-0.2, 0) is 10.5 Å². The number of aromatic carboxylic acids is 1. The van der Waals surface area contributed by atoms with Gasteiger partial charge in [-0.25, -0.2) is 9.78 Å². The van der Waals surface area contributed by atoms with Crippen LogP contribution in [0.5, 0.6) is 0 Å². The topological polar surface area (TPSA) is 133 Å². The number of rotatable bonds is 3. The first-order valence-corrected chi connectivity index (χ1v) is 7.17. The van der Waals surface area contributed by atoms with Crippen LogP contribution in [0.25, 0.3) is 11.0 Å². The number of primary amides is 1. The lowest BCUT2D eigenvalue weighted by Crippen LogP contribution is -2.50. The van der Waals surface area contributed by atoms with Gasteiger partial charge in [0.2, 0.25) is 5.66 Å². The number of hydrogen-bond acceptors (Lipinski definition) is 5. The lowest BCUT2D eigenvalue weighted by Gasteiger charge is -2.27. The normalized spacial score (nSPS) is 18.7. The van der Waals surface area contributed by atoms with Crippen molar-refractivity contribution in [2.45, 2.75) is 5.66 Å². The Morgan fingerprint density at radius 3 is 2.62 bits per heavy atom. The maximum atomic E-state index is 12.2. The number of carboxylic acid groups (broad SMARTS) is 1. The number of amides is 1. The van der Waals surface area contributed by atoms with Crippen LogP contribution >= 0.6 is 0 Å². The number of nitrogens with two attached hydrogens (primary N) is 1. The number of aromatic nitrogens is 2. The summed E-state index contributed by atoms with van der Waals surface area (Å²) in [6.45, 7) is 0. The molecule has 1 aliphatic rings. The van der Waals surface area contributed by atoms with E-state index in [1.165, 1.54) is 12.1 Å². The van der Waals surface area contributed by atoms with E-state index in [9.17, 15) is 9.59 Å². The Morgan fingerprint density at radius 1 is 1.08 bits per heavy atom. The first-order chi connectivity index (χ1) is 11.5. The van der Waals surface area contributed by atoms with Gasteiger partial charge in [0.1, 0.15) is 0 Å². The summed E-state index contributed by atoms with van der Waals surface area (Å²) >= 11 is 0. The van der Waals surface area contributed by atoms with Crippen molar-refractivity contribution in [1.82, 2.24) is 9.97 Å². The number of fused-ring (bicyclic) bond motifs is 2. The summed E-state index contributed by atoms with van der Waals surface area (Å²) in [6.07, 6.45) is 1.56. The molecular formula is C16H13N5O3. The van der Waals surface area contributed by atoms with Gasteiger partial charge in [0.15, 0.2) is 0 Å². The standard InChI is InChI=1S/C16H13N5O3/c17-15(24)16(9-2-4-10-12(6-9)19-7-18-10)20-11-3-1-8(14(22)23)5-13(11)21-16/h1-7,20-21H,(H2,17,24)(H,18,19)(H,22,23). The van der Waals surface area contributed by atoms with Gasteiger partial charge in [0.05, 0.1) is 34.3 Å². The minimum Gasteiger partial charge on any atom is -0.478 e. The van der Waals surface area contributed by atoms with E-state index in [2.05, 4.69) is 20.6 Å². The van der Waals surface area contributed by atoms with Gasteiger partial charge in [-0.15, -0.1) is 0 Å². The van der Waals surface area contributed by atoms with E-state index < -0.39 is 17.5 Å². The predicted molar refractivity (Wildman–Crippen MR) is 87.6 cm³/mol. The fourth-order valence-electron chi connectivity index (χ4n) is 2.90.